The monoisotopic (exact) mass is 206 g/mol. The largest absolute Gasteiger partial charge is 0.295 e. The maximum Gasteiger partial charge on any atom is 0.152 e. The molecule has 0 aliphatic heterocycles. The molecule has 0 N–H and O–H groups in total. The van der Waals surface area contributed by atoms with Gasteiger partial charge >= 0.3 is 0 Å². The summed E-state index contributed by atoms with van der Waals surface area (Å²) in [6.45, 7) is 10.6. The third kappa shape index (κ3) is 3.05. The summed E-state index contributed by atoms with van der Waals surface area (Å²) in [6.07, 6.45) is 7.24. The molecule has 1 nitrogen and oxygen atoms in total. The number of allylic oxidation sites excluding steroid dienone is 4. The zero-order valence-electron chi connectivity index (χ0n) is 10.5. The van der Waals surface area contributed by atoms with Crippen molar-refractivity contribution in [3.05, 3.63) is 23.8 Å². The van der Waals surface area contributed by atoms with E-state index in [0.29, 0.717) is 17.3 Å². The van der Waals surface area contributed by atoms with Crippen LogP contribution < -0.4 is 0 Å². The Morgan fingerprint density at radius 1 is 1.53 bits per heavy atom. The molecule has 0 aromatic heterocycles. The SMILES string of the molecule is CC(=O)C=CC1CC(C)(C)C(C)C=C1C. The van der Waals surface area contributed by atoms with E-state index in [2.05, 4.69) is 39.8 Å². The van der Waals surface area contributed by atoms with Crippen LogP contribution in [0.25, 0.3) is 0 Å². The number of rotatable bonds is 2. The minimum absolute atomic E-state index is 0.138. The molecular formula is C14H22O. The summed E-state index contributed by atoms with van der Waals surface area (Å²) in [5.74, 6) is 1.21. The standard InChI is InChI=1S/C14H22O/c1-10-8-11(2)14(4,5)9-13(10)7-6-12(3)15/h6-8,11,13H,9H2,1-5H3. The van der Waals surface area contributed by atoms with Crippen molar-refractivity contribution >= 4 is 5.78 Å². The first-order valence-corrected chi connectivity index (χ1v) is 5.70. The maximum atomic E-state index is 10.9. The smallest absolute Gasteiger partial charge is 0.152 e. The van der Waals surface area contributed by atoms with Gasteiger partial charge in [0, 0.05) is 0 Å². The van der Waals surface area contributed by atoms with Crippen LogP contribution in [0.4, 0.5) is 0 Å². The van der Waals surface area contributed by atoms with Gasteiger partial charge in [0.15, 0.2) is 5.78 Å². The van der Waals surface area contributed by atoms with Gasteiger partial charge in [0.25, 0.3) is 0 Å². The van der Waals surface area contributed by atoms with E-state index in [1.165, 1.54) is 5.57 Å². The summed E-state index contributed by atoms with van der Waals surface area (Å²) in [6, 6.07) is 0. The molecule has 0 saturated heterocycles. The van der Waals surface area contributed by atoms with Crippen LogP contribution >= 0.6 is 0 Å². The Kier molecular flexibility index (Phi) is 3.54. The predicted octanol–water partition coefficient (Wildman–Crippen LogP) is 3.76. The Morgan fingerprint density at radius 2 is 2.13 bits per heavy atom. The second-order valence-corrected chi connectivity index (χ2v) is 5.47. The molecular weight excluding hydrogens is 184 g/mol. The summed E-state index contributed by atoms with van der Waals surface area (Å²) in [4.78, 5) is 10.9. The minimum atomic E-state index is 0.138. The van der Waals surface area contributed by atoms with E-state index in [1.54, 1.807) is 13.0 Å². The topological polar surface area (TPSA) is 17.1 Å². The molecule has 0 saturated carbocycles. The molecule has 84 valence electrons. The highest BCUT2D eigenvalue weighted by molar-refractivity contribution is 5.87. The lowest BCUT2D eigenvalue weighted by Gasteiger charge is -2.38. The summed E-state index contributed by atoms with van der Waals surface area (Å²) in [5.41, 5.74) is 1.74. The van der Waals surface area contributed by atoms with Crippen molar-refractivity contribution in [2.24, 2.45) is 17.3 Å². The quantitative estimate of drug-likeness (QED) is 0.496. The first-order chi connectivity index (χ1) is 6.83. The van der Waals surface area contributed by atoms with E-state index in [-0.39, 0.29) is 5.78 Å². The van der Waals surface area contributed by atoms with E-state index < -0.39 is 0 Å². The molecule has 0 radical (unpaired) electrons. The van der Waals surface area contributed by atoms with Crippen LogP contribution in [0.5, 0.6) is 0 Å². The average Bonchev–Trinajstić information content (AvgIpc) is 2.09. The lowest BCUT2D eigenvalue weighted by atomic mass is 9.67. The van der Waals surface area contributed by atoms with E-state index in [4.69, 9.17) is 0 Å². The van der Waals surface area contributed by atoms with Gasteiger partial charge < -0.3 is 0 Å². The predicted molar refractivity (Wildman–Crippen MR) is 64.6 cm³/mol. The van der Waals surface area contributed by atoms with Gasteiger partial charge in [-0.15, -0.1) is 0 Å². The minimum Gasteiger partial charge on any atom is -0.295 e. The number of hydrogen-bond acceptors (Lipinski definition) is 1. The average molecular weight is 206 g/mol. The van der Waals surface area contributed by atoms with Crippen molar-refractivity contribution in [2.75, 3.05) is 0 Å². The van der Waals surface area contributed by atoms with Crippen LogP contribution in [-0.2, 0) is 4.79 Å². The second kappa shape index (κ2) is 4.34. The Labute approximate surface area is 93.3 Å². The lowest BCUT2D eigenvalue weighted by molar-refractivity contribution is -0.112. The molecule has 15 heavy (non-hydrogen) atoms. The van der Waals surface area contributed by atoms with E-state index in [9.17, 15) is 4.79 Å². The molecule has 1 rings (SSSR count). The van der Waals surface area contributed by atoms with E-state index >= 15 is 0 Å². The molecule has 0 spiro atoms. The molecule has 0 bridgehead atoms. The van der Waals surface area contributed by atoms with Crippen LogP contribution in [0.3, 0.4) is 0 Å². The highest BCUT2D eigenvalue weighted by Gasteiger charge is 2.31. The number of carbonyl (C=O) groups excluding carboxylic acids is 1. The fourth-order valence-corrected chi connectivity index (χ4v) is 2.13. The number of ketones is 1. The molecule has 1 aliphatic rings. The van der Waals surface area contributed by atoms with Crippen molar-refractivity contribution in [1.82, 2.24) is 0 Å². The van der Waals surface area contributed by atoms with Crippen molar-refractivity contribution in [1.29, 1.82) is 0 Å². The van der Waals surface area contributed by atoms with Gasteiger partial charge in [-0.2, -0.15) is 0 Å². The molecule has 0 amide bonds. The Balaban J connectivity index is 2.84. The third-order valence-electron chi connectivity index (χ3n) is 3.64. The van der Waals surface area contributed by atoms with Gasteiger partial charge in [0.05, 0.1) is 0 Å². The maximum absolute atomic E-state index is 10.9. The van der Waals surface area contributed by atoms with Crippen LogP contribution in [-0.4, -0.2) is 5.78 Å². The Morgan fingerprint density at radius 3 is 2.67 bits per heavy atom. The summed E-state index contributed by atoms with van der Waals surface area (Å²) in [7, 11) is 0. The van der Waals surface area contributed by atoms with Gasteiger partial charge in [0.1, 0.15) is 0 Å². The highest BCUT2D eigenvalue weighted by Crippen LogP contribution is 2.42. The normalized spacial score (nSPS) is 30.3. The first kappa shape index (κ1) is 12.2. The Hall–Kier alpha value is -0.850. The zero-order chi connectivity index (χ0) is 11.6. The second-order valence-electron chi connectivity index (χ2n) is 5.47. The van der Waals surface area contributed by atoms with Crippen molar-refractivity contribution in [2.45, 2.75) is 41.0 Å². The fourth-order valence-electron chi connectivity index (χ4n) is 2.13. The van der Waals surface area contributed by atoms with Gasteiger partial charge in [-0.3, -0.25) is 4.79 Å². The Bertz CT molecular complexity index is 307. The molecule has 0 fully saturated rings. The van der Waals surface area contributed by atoms with Crippen LogP contribution in [0.15, 0.2) is 23.8 Å². The van der Waals surface area contributed by atoms with Crippen LogP contribution in [0.2, 0.25) is 0 Å². The number of carbonyl (C=O) groups is 1. The number of hydrogen-bond donors (Lipinski definition) is 0. The van der Waals surface area contributed by atoms with Crippen LogP contribution in [0, 0.1) is 17.3 Å². The highest BCUT2D eigenvalue weighted by atomic mass is 16.1. The molecule has 2 atom stereocenters. The first-order valence-electron chi connectivity index (χ1n) is 5.70. The summed E-state index contributed by atoms with van der Waals surface area (Å²) in [5, 5.41) is 0. The van der Waals surface area contributed by atoms with E-state index in [1.807, 2.05) is 0 Å². The zero-order valence-corrected chi connectivity index (χ0v) is 10.5. The fraction of sp³-hybridized carbons (Fsp3) is 0.643. The molecule has 0 aromatic rings. The van der Waals surface area contributed by atoms with Gasteiger partial charge in [0.2, 0.25) is 0 Å². The molecule has 0 aromatic carbocycles. The summed E-state index contributed by atoms with van der Waals surface area (Å²) >= 11 is 0. The van der Waals surface area contributed by atoms with Gasteiger partial charge in [-0.1, -0.05) is 38.5 Å². The molecule has 1 heteroatoms. The lowest BCUT2D eigenvalue weighted by Crippen LogP contribution is -2.28. The van der Waals surface area contributed by atoms with Crippen LogP contribution in [0.1, 0.15) is 41.0 Å². The van der Waals surface area contributed by atoms with Crippen molar-refractivity contribution < 1.29 is 4.79 Å². The van der Waals surface area contributed by atoms with Gasteiger partial charge in [-0.25, -0.2) is 0 Å². The van der Waals surface area contributed by atoms with Gasteiger partial charge in [-0.05, 0) is 43.6 Å². The third-order valence-corrected chi connectivity index (χ3v) is 3.64. The molecule has 0 heterocycles. The van der Waals surface area contributed by atoms with E-state index in [0.717, 1.165) is 6.42 Å². The molecule has 1 aliphatic carbocycles. The van der Waals surface area contributed by atoms with Crippen molar-refractivity contribution in [3.8, 4) is 0 Å². The molecule has 2 unspecified atom stereocenters. The van der Waals surface area contributed by atoms with Crippen molar-refractivity contribution in [3.63, 3.8) is 0 Å². The summed E-state index contributed by atoms with van der Waals surface area (Å²) < 4.78 is 0.